The van der Waals surface area contributed by atoms with Crippen LogP contribution in [0.2, 0.25) is 0 Å². The molecule has 1 unspecified atom stereocenters. The highest BCUT2D eigenvalue weighted by molar-refractivity contribution is 7.90. The number of carbonyl (C=O) groups is 1. The minimum Gasteiger partial charge on any atom is -0.376 e. The lowest BCUT2D eigenvalue weighted by Gasteiger charge is -2.28. The van der Waals surface area contributed by atoms with E-state index in [1.807, 2.05) is 0 Å². The van der Waals surface area contributed by atoms with Gasteiger partial charge in [-0.15, -0.1) is 0 Å². The standard InChI is InChI=1S/C21H31FN2O4S/c1-16-7-9-19(10-8-16)23-29(26,27)15-21(25)24(14-20-6-3-11-28-20)13-17-4-2-5-18(22)12-17/h2,4-5,12,16,19-20,23H,3,6-11,13-15H2,1H3. The van der Waals surface area contributed by atoms with E-state index < -0.39 is 21.7 Å². The first kappa shape index (κ1) is 22.2. The van der Waals surface area contributed by atoms with E-state index in [4.69, 9.17) is 4.74 Å². The first-order valence-corrected chi connectivity index (χ1v) is 12.1. The lowest BCUT2D eigenvalue weighted by molar-refractivity contribution is -0.130. The normalized spacial score (nSPS) is 25.1. The lowest BCUT2D eigenvalue weighted by Crippen LogP contribution is -2.45. The number of carbonyl (C=O) groups excluding carboxylic acids is 1. The van der Waals surface area contributed by atoms with Gasteiger partial charge in [0, 0.05) is 25.7 Å². The van der Waals surface area contributed by atoms with Crippen LogP contribution in [0, 0.1) is 11.7 Å². The molecule has 1 heterocycles. The number of halogens is 1. The van der Waals surface area contributed by atoms with Crippen molar-refractivity contribution in [2.24, 2.45) is 5.92 Å². The van der Waals surface area contributed by atoms with E-state index in [2.05, 4.69) is 11.6 Å². The van der Waals surface area contributed by atoms with Crippen molar-refractivity contribution in [1.29, 1.82) is 0 Å². The van der Waals surface area contributed by atoms with Gasteiger partial charge in [-0.25, -0.2) is 17.5 Å². The van der Waals surface area contributed by atoms with E-state index in [1.165, 1.54) is 17.0 Å². The fourth-order valence-electron chi connectivity index (χ4n) is 4.07. The zero-order valence-corrected chi connectivity index (χ0v) is 17.8. The van der Waals surface area contributed by atoms with Crippen molar-refractivity contribution in [2.45, 2.75) is 64.1 Å². The van der Waals surface area contributed by atoms with Gasteiger partial charge < -0.3 is 9.64 Å². The van der Waals surface area contributed by atoms with Crippen LogP contribution in [0.1, 0.15) is 51.0 Å². The maximum atomic E-state index is 13.5. The topological polar surface area (TPSA) is 75.7 Å². The number of rotatable bonds is 8. The van der Waals surface area contributed by atoms with Crippen LogP contribution >= 0.6 is 0 Å². The molecule has 1 amide bonds. The van der Waals surface area contributed by atoms with E-state index in [-0.39, 0.29) is 24.5 Å². The van der Waals surface area contributed by atoms with Crippen LogP contribution in [-0.4, -0.2) is 50.3 Å². The lowest BCUT2D eigenvalue weighted by atomic mass is 9.88. The minimum absolute atomic E-state index is 0.0983. The summed E-state index contributed by atoms with van der Waals surface area (Å²) in [6.45, 7) is 3.29. The molecule has 6 nitrogen and oxygen atoms in total. The summed E-state index contributed by atoms with van der Waals surface area (Å²) >= 11 is 0. The van der Waals surface area contributed by atoms with Crippen molar-refractivity contribution in [3.63, 3.8) is 0 Å². The molecule has 1 N–H and O–H groups in total. The van der Waals surface area contributed by atoms with Gasteiger partial charge in [0.1, 0.15) is 11.6 Å². The Bertz CT molecular complexity index is 788. The maximum absolute atomic E-state index is 13.5. The molecule has 2 aliphatic rings. The Labute approximate surface area is 172 Å². The van der Waals surface area contributed by atoms with E-state index in [0.29, 0.717) is 24.6 Å². The molecule has 0 bridgehead atoms. The van der Waals surface area contributed by atoms with Gasteiger partial charge in [0.2, 0.25) is 15.9 Å². The number of nitrogens with zero attached hydrogens (tertiary/aromatic N) is 1. The zero-order chi connectivity index (χ0) is 20.9. The van der Waals surface area contributed by atoms with Gasteiger partial charge in [-0.1, -0.05) is 19.1 Å². The molecule has 1 aromatic rings. The summed E-state index contributed by atoms with van der Waals surface area (Å²) in [7, 11) is -3.73. The molecule has 162 valence electrons. The first-order valence-electron chi connectivity index (χ1n) is 10.4. The van der Waals surface area contributed by atoms with Crippen molar-refractivity contribution in [1.82, 2.24) is 9.62 Å². The van der Waals surface area contributed by atoms with Gasteiger partial charge in [0.05, 0.1) is 6.10 Å². The van der Waals surface area contributed by atoms with Crippen LogP contribution in [-0.2, 0) is 26.1 Å². The van der Waals surface area contributed by atoms with Crippen LogP contribution < -0.4 is 4.72 Å². The Balaban J connectivity index is 1.64. The van der Waals surface area contributed by atoms with Crippen LogP contribution in [0.5, 0.6) is 0 Å². The minimum atomic E-state index is -3.73. The first-order chi connectivity index (χ1) is 13.8. The molecule has 8 heteroatoms. The fraction of sp³-hybridized carbons (Fsp3) is 0.667. The van der Waals surface area contributed by atoms with Crippen molar-refractivity contribution < 1.29 is 22.3 Å². The number of nitrogens with one attached hydrogen (secondary N) is 1. The Kier molecular flexibility index (Phi) is 7.65. The number of benzene rings is 1. The molecule has 0 aromatic heterocycles. The number of hydrogen-bond donors (Lipinski definition) is 1. The maximum Gasteiger partial charge on any atom is 0.239 e. The van der Waals surface area contributed by atoms with Gasteiger partial charge in [-0.3, -0.25) is 4.79 Å². The summed E-state index contributed by atoms with van der Waals surface area (Å²) in [5, 5.41) is 0. The van der Waals surface area contributed by atoms with Gasteiger partial charge in [-0.05, 0) is 62.1 Å². The highest BCUT2D eigenvalue weighted by Crippen LogP contribution is 2.24. The molecule has 2 fully saturated rings. The Hall–Kier alpha value is -1.51. The van der Waals surface area contributed by atoms with Gasteiger partial charge in [0.15, 0.2) is 0 Å². The number of amides is 1. The average Bonchev–Trinajstić information content (AvgIpc) is 3.16. The number of ether oxygens (including phenoxy) is 1. The second kappa shape index (κ2) is 10.00. The zero-order valence-electron chi connectivity index (χ0n) is 17.0. The van der Waals surface area contributed by atoms with Gasteiger partial charge in [-0.2, -0.15) is 0 Å². The second-order valence-corrected chi connectivity index (χ2v) is 10.1. The molecule has 3 rings (SSSR count). The van der Waals surface area contributed by atoms with Crippen LogP contribution in [0.25, 0.3) is 0 Å². The summed E-state index contributed by atoms with van der Waals surface area (Å²) in [4.78, 5) is 14.4. The average molecular weight is 427 g/mol. The van der Waals surface area contributed by atoms with Crippen molar-refractivity contribution in [2.75, 3.05) is 18.9 Å². The molecule has 1 saturated heterocycles. The Morgan fingerprint density at radius 3 is 2.66 bits per heavy atom. The van der Waals surface area contributed by atoms with E-state index in [0.717, 1.165) is 38.5 Å². The summed E-state index contributed by atoms with van der Waals surface area (Å²) in [5.41, 5.74) is 0.628. The van der Waals surface area contributed by atoms with Crippen LogP contribution in [0.4, 0.5) is 4.39 Å². The summed E-state index contributed by atoms with van der Waals surface area (Å²) in [6, 6.07) is 5.93. The third-order valence-electron chi connectivity index (χ3n) is 5.74. The third kappa shape index (κ3) is 7.04. The molecule has 1 aromatic carbocycles. The predicted molar refractivity (Wildman–Crippen MR) is 109 cm³/mol. The van der Waals surface area contributed by atoms with Crippen molar-refractivity contribution in [3.05, 3.63) is 35.6 Å². The largest absolute Gasteiger partial charge is 0.376 e. The van der Waals surface area contributed by atoms with E-state index >= 15 is 0 Å². The monoisotopic (exact) mass is 426 g/mol. The Morgan fingerprint density at radius 2 is 2.00 bits per heavy atom. The van der Waals surface area contributed by atoms with E-state index in [9.17, 15) is 17.6 Å². The smallest absolute Gasteiger partial charge is 0.239 e. The van der Waals surface area contributed by atoms with Crippen LogP contribution in [0.15, 0.2) is 24.3 Å². The van der Waals surface area contributed by atoms with Gasteiger partial charge >= 0.3 is 0 Å². The third-order valence-corrected chi connectivity index (χ3v) is 7.06. The van der Waals surface area contributed by atoms with Gasteiger partial charge in [0.25, 0.3) is 0 Å². The van der Waals surface area contributed by atoms with Crippen LogP contribution in [0.3, 0.4) is 0 Å². The SMILES string of the molecule is CC1CCC(NS(=O)(=O)CC(=O)N(Cc2cccc(F)c2)CC2CCCO2)CC1. The Morgan fingerprint density at radius 1 is 1.24 bits per heavy atom. The summed E-state index contributed by atoms with van der Waals surface area (Å²) < 4.78 is 47.1. The molecule has 1 aliphatic carbocycles. The quantitative estimate of drug-likeness (QED) is 0.694. The predicted octanol–water partition coefficient (Wildman–Crippen LogP) is 2.83. The van der Waals surface area contributed by atoms with E-state index in [1.54, 1.807) is 12.1 Å². The molecular weight excluding hydrogens is 395 g/mol. The molecule has 1 atom stereocenters. The summed E-state index contributed by atoms with van der Waals surface area (Å²) in [6.07, 6.45) is 5.24. The highest BCUT2D eigenvalue weighted by atomic mass is 32.2. The number of sulfonamides is 1. The number of hydrogen-bond acceptors (Lipinski definition) is 4. The molecule has 0 radical (unpaired) electrons. The van der Waals surface area contributed by atoms with Crippen molar-refractivity contribution in [3.8, 4) is 0 Å². The second-order valence-electron chi connectivity index (χ2n) is 8.37. The highest BCUT2D eigenvalue weighted by Gasteiger charge is 2.29. The fourth-order valence-corrected chi connectivity index (χ4v) is 5.41. The molecular formula is C21H31FN2O4S. The molecule has 1 saturated carbocycles. The summed E-state index contributed by atoms with van der Waals surface area (Å²) in [5.74, 6) is -0.846. The molecule has 1 aliphatic heterocycles. The van der Waals surface area contributed by atoms with Crippen molar-refractivity contribution >= 4 is 15.9 Å². The molecule has 29 heavy (non-hydrogen) atoms. The molecule has 0 spiro atoms.